The van der Waals surface area contributed by atoms with E-state index in [2.05, 4.69) is 33.0 Å². The minimum absolute atomic E-state index is 0.123. The van der Waals surface area contributed by atoms with Crippen molar-refractivity contribution in [1.29, 1.82) is 0 Å². The van der Waals surface area contributed by atoms with E-state index in [0.717, 1.165) is 18.4 Å². The van der Waals surface area contributed by atoms with Gasteiger partial charge in [0.15, 0.2) is 0 Å². The van der Waals surface area contributed by atoms with Gasteiger partial charge in [-0.25, -0.2) is 0 Å². The first-order chi connectivity index (χ1) is 12.3. The van der Waals surface area contributed by atoms with Crippen molar-refractivity contribution >= 4 is 5.91 Å². The molecule has 1 aliphatic carbocycles. The molecule has 2 aliphatic rings. The fraction of sp³-hybridized carbons (Fsp3) is 0.682. The Labute approximate surface area is 157 Å². The number of fused-ring (bicyclic) bond motifs is 1. The zero-order valence-electron chi connectivity index (χ0n) is 16.5. The van der Waals surface area contributed by atoms with Crippen molar-refractivity contribution in [3.8, 4) is 5.75 Å². The summed E-state index contributed by atoms with van der Waals surface area (Å²) in [5.41, 5.74) is 0.524. The number of benzene rings is 1. The van der Waals surface area contributed by atoms with Gasteiger partial charge in [-0.1, -0.05) is 45.4 Å². The molecule has 3 rings (SSSR count). The highest BCUT2D eigenvalue weighted by Gasteiger charge is 2.49. The fourth-order valence-corrected chi connectivity index (χ4v) is 4.83. The van der Waals surface area contributed by atoms with Crippen molar-refractivity contribution in [3.63, 3.8) is 0 Å². The van der Waals surface area contributed by atoms with Gasteiger partial charge in [0.25, 0.3) is 0 Å². The third kappa shape index (κ3) is 4.06. The Morgan fingerprint density at radius 3 is 2.77 bits per heavy atom. The van der Waals surface area contributed by atoms with E-state index >= 15 is 0 Å². The maximum atomic E-state index is 12.6. The molecule has 0 spiro atoms. The summed E-state index contributed by atoms with van der Waals surface area (Å²) in [6, 6.07) is 7.41. The summed E-state index contributed by atoms with van der Waals surface area (Å²) in [4.78, 5) is 12.6. The number of phenolic OH excluding ortho intramolecular Hbond substituents is 1. The van der Waals surface area contributed by atoms with Crippen LogP contribution in [0, 0.1) is 17.8 Å². The Morgan fingerprint density at radius 1 is 1.35 bits per heavy atom. The van der Waals surface area contributed by atoms with Crippen molar-refractivity contribution in [2.45, 2.75) is 77.5 Å². The number of amides is 1. The van der Waals surface area contributed by atoms with Gasteiger partial charge in [-0.05, 0) is 37.7 Å². The summed E-state index contributed by atoms with van der Waals surface area (Å²) in [7, 11) is 0. The smallest absolute Gasteiger partial charge is 0.220 e. The summed E-state index contributed by atoms with van der Waals surface area (Å²) in [6.45, 7) is 8.59. The molecule has 144 valence electrons. The highest BCUT2D eigenvalue weighted by atomic mass is 16.5. The minimum atomic E-state index is -0.304. The molecule has 4 nitrogen and oxygen atoms in total. The molecule has 0 radical (unpaired) electrons. The second-order valence-corrected chi connectivity index (χ2v) is 9.01. The molecule has 1 aromatic rings. The zero-order chi connectivity index (χ0) is 18.9. The lowest BCUT2D eigenvalue weighted by atomic mass is 9.66. The number of nitrogens with one attached hydrogen (secondary N) is 1. The molecule has 1 aliphatic heterocycles. The molecule has 2 fully saturated rings. The molecule has 2 N–H and O–H groups in total. The predicted octanol–water partition coefficient (Wildman–Crippen LogP) is 4.58. The molecule has 1 amide bonds. The van der Waals surface area contributed by atoms with E-state index in [1.807, 2.05) is 18.2 Å². The number of para-hydroxylation sites is 1. The molecule has 1 saturated carbocycles. The summed E-state index contributed by atoms with van der Waals surface area (Å²) in [5.74, 6) is 1.70. The van der Waals surface area contributed by atoms with Crippen LogP contribution in [0.3, 0.4) is 0 Å². The van der Waals surface area contributed by atoms with Crippen LogP contribution in [0.25, 0.3) is 0 Å². The van der Waals surface area contributed by atoms with Crippen LogP contribution in [-0.4, -0.2) is 22.7 Å². The van der Waals surface area contributed by atoms with Crippen LogP contribution in [0.4, 0.5) is 0 Å². The number of aromatic hydroxyl groups is 1. The quantitative estimate of drug-likeness (QED) is 0.827. The second kappa shape index (κ2) is 7.59. The summed E-state index contributed by atoms with van der Waals surface area (Å²) < 4.78 is 6.47. The lowest BCUT2D eigenvalue weighted by Gasteiger charge is -2.52. The van der Waals surface area contributed by atoms with Gasteiger partial charge in [-0.2, -0.15) is 0 Å². The Kier molecular flexibility index (Phi) is 5.61. The van der Waals surface area contributed by atoms with E-state index in [0.29, 0.717) is 30.6 Å². The van der Waals surface area contributed by atoms with Gasteiger partial charge < -0.3 is 15.2 Å². The van der Waals surface area contributed by atoms with Gasteiger partial charge in [-0.15, -0.1) is 0 Å². The monoisotopic (exact) mass is 359 g/mol. The third-order valence-corrected chi connectivity index (χ3v) is 6.12. The standard InChI is InChI=1S/C22H33NO3/c1-14(2)11-21(25)23-22(4)13-20(16-7-5-6-8-18(16)24)26-19-12-15(3)9-10-17(19)22/h5-8,14-15,17,19-20,24H,9-13H2,1-4H3,(H,23,25)/t15-,17-,19-,20-,22-/m1/s1. The molecule has 1 saturated heterocycles. The van der Waals surface area contributed by atoms with Crippen molar-refractivity contribution in [2.24, 2.45) is 17.8 Å². The number of hydrogen-bond donors (Lipinski definition) is 2. The molecule has 0 aromatic heterocycles. The third-order valence-electron chi connectivity index (χ3n) is 6.12. The Bertz CT molecular complexity index is 644. The van der Waals surface area contributed by atoms with Gasteiger partial charge in [0.2, 0.25) is 5.91 Å². The average molecular weight is 360 g/mol. The van der Waals surface area contributed by atoms with E-state index in [1.54, 1.807) is 6.07 Å². The first-order valence-corrected chi connectivity index (χ1v) is 10.0. The summed E-state index contributed by atoms with van der Waals surface area (Å²) >= 11 is 0. The SMILES string of the molecule is CC(C)CC(=O)N[C@]1(C)C[C@H](c2ccccc2O)O[C@@H]2C[C@H](C)CC[C@H]21. The van der Waals surface area contributed by atoms with E-state index < -0.39 is 0 Å². The molecule has 0 bridgehead atoms. The highest BCUT2D eigenvalue weighted by molar-refractivity contribution is 5.77. The zero-order valence-corrected chi connectivity index (χ0v) is 16.5. The fourth-order valence-electron chi connectivity index (χ4n) is 4.83. The van der Waals surface area contributed by atoms with E-state index in [1.165, 1.54) is 6.42 Å². The summed E-state index contributed by atoms with van der Waals surface area (Å²) in [5, 5.41) is 13.7. The van der Waals surface area contributed by atoms with Crippen LogP contribution in [-0.2, 0) is 9.53 Å². The number of rotatable bonds is 4. The average Bonchev–Trinajstić information content (AvgIpc) is 2.53. The molecule has 1 aromatic carbocycles. The number of carbonyl (C=O) groups excluding carboxylic acids is 1. The van der Waals surface area contributed by atoms with Crippen LogP contribution < -0.4 is 5.32 Å². The molecule has 26 heavy (non-hydrogen) atoms. The molecule has 4 heteroatoms. The first-order valence-electron chi connectivity index (χ1n) is 10.0. The van der Waals surface area contributed by atoms with E-state index in [9.17, 15) is 9.90 Å². The molecule has 1 heterocycles. The minimum Gasteiger partial charge on any atom is -0.508 e. The molecule has 0 unspecified atom stereocenters. The maximum Gasteiger partial charge on any atom is 0.220 e. The predicted molar refractivity (Wildman–Crippen MR) is 103 cm³/mol. The number of carbonyl (C=O) groups is 1. The largest absolute Gasteiger partial charge is 0.508 e. The molecular weight excluding hydrogens is 326 g/mol. The van der Waals surface area contributed by atoms with Crippen molar-refractivity contribution in [1.82, 2.24) is 5.32 Å². The van der Waals surface area contributed by atoms with Gasteiger partial charge >= 0.3 is 0 Å². The lowest BCUT2D eigenvalue weighted by Crippen LogP contribution is -2.60. The van der Waals surface area contributed by atoms with Crippen LogP contribution in [0.5, 0.6) is 5.75 Å². The van der Waals surface area contributed by atoms with Crippen molar-refractivity contribution in [3.05, 3.63) is 29.8 Å². The van der Waals surface area contributed by atoms with Crippen LogP contribution in [0.15, 0.2) is 24.3 Å². The topological polar surface area (TPSA) is 58.6 Å². The number of ether oxygens (including phenoxy) is 1. The second-order valence-electron chi connectivity index (χ2n) is 9.01. The lowest BCUT2D eigenvalue weighted by molar-refractivity contribution is -0.154. The van der Waals surface area contributed by atoms with Crippen LogP contribution >= 0.6 is 0 Å². The Hall–Kier alpha value is -1.55. The molecule has 5 atom stereocenters. The summed E-state index contributed by atoms with van der Waals surface area (Å²) in [6.07, 6.45) is 4.47. The highest BCUT2D eigenvalue weighted by Crippen LogP contribution is 2.49. The number of phenols is 1. The van der Waals surface area contributed by atoms with Crippen LogP contribution in [0.1, 0.15) is 71.5 Å². The molecular formula is C22H33NO3. The first kappa shape index (κ1) is 19.2. The van der Waals surface area contributed by atoms with E-state index in [-0.39, 0.29) is 29.4 Å². The van der Waals surface area contributed by atoms with E-state index in [4.69, 9.17) is 4.74 Å². The maximum absolute atomic E-state index is 12.6. The van der Waals surface area contributed by atoms with Gasteiger partial charge in [0.1, 0.15) is 5.75 Å². The van der Waals surface area contributed by atoms with Crippen LogP contribution in [0.2, 0.25) is 0 Å². The van der Waals surface area contributed by atoms with Gasteiger partial charge in [0.05, 0.1) is 12.2 Å². The number of hydrogen-bond acceptors (Lipinski definition) is 3. The van der Waals surface area contributed by atoms with Gasteiger partial charge in [0, 0.05) is 29.9 Å². The van der Waals surface area contributed by atoms with Crippen molar-refractivity contribution in [2.75, 3.05) is 0 Å². The normalized spacial score (nSPS) is 34.3. The van der Waals surface area contributed by atoms with Crippen molar-refractivity contribution < 1.29 is 14.6 Å². The Balaban J connectivity index is 1.87. The Morgan fingerprint density at radius 2 is 2.08 bits per heavy atom. The van der Waals surface area contributed by atoms with Gasteiger partial charge in [-0.3, -0.25) is 4.79 Å².